The molecular weight excluding hydrogens is 346 g/mol. The Bertz CT molecular complexity index is 875. The Balaban J connectivity index is 1.63. The molecule has 0 fully saturated rings. The first kappa shape index (κ1) is 18.0. The maximum atomic E-state index is 6.00. The lowest BCUT2D eigenvalue weighted by molar-refractivity contribution is 0.306. The Kier molecular flexibility index (Phi) is 6.29. The van der Waals surface area contributed by atoms with E-state index in [-0.39, 0.29) is 0 Å². The minimum Gasteiger partial charge on any atom is -0.494 e. The summed E-state index contributed by atoms with van der Waals surface area (Å²) in [7, 11) is 0. The highest BCUT2D eigenvalue weighted by atomic mass is 35.5. The number of benzene rings is 3. The highest BCUT2D eigenvalue weighted by molar-refractivity contribution is 6.30. The summed E-state index contributed by atoms with van der Waals surface area (Å²) in [6, 6.07) is 23.2. The molecule has 0 aliphatic carbocycles. The van der Waals surface area contributed by atoms with Crippen LogP contribution >= 0.6 is 11.6 Å². The molecule has 0 unspecified atom stereocenters. The van der Waals surface area contributed by atoms with Gasteiger partial charge in [-0.05, 0) is 66.6 Å². The van der Waals surface area contributed by atoms with Crippen LogP contribution in [0.15, 0.2) is 77.8 Å². The van der Waals surface area contributed by atoms with Crippen molar-refractivity contribution >= 4 is 23.5 Å². The minimum atomic E-state index is 0.472. The number of aliphatic imine (C=N–C) groups is 1. The van der Waals surface area contributed by atoms with Crippen LogP contribution < -0.4 is 9.47 Å². The number of hydrogen-bond donors (Lipinski definition) is 0. The monoisotopic (exact) mass is 365 g/mol. The van der Waals surface area contributed by atoms with Crippen molar-refractivity contribution in [1.82, 2.24) is 0 Å². The fourth-order valence-electron chi connectivity index (χ4n) is 2.42. The third-order valence-corrected chi connectivity index (χ3v) is 3.90. The maximum absolute atomic E-state index is 6.00. The molecule has 0 saturated heterocycles. The SMILES string of the molecule is CCOc1ccc(N=Cc2cccc(OCc3cccc(Cl)c3)c2)cc1. The van der Waals surface area contributed by atoms with Gasteiger partial charge in [0.1, 0.15) is 18.1 Å². The fourth-order valence-corrected chi connectivity index (χ4v) is 2.64. The summed E-state index contributed by atoms with van der Waals surface area (Å²) < 4.78 is 11.3. The molecule has 0 saturated carbocycles. The summed E-state index contributed by atoms with van der Waals surface area (Å²) >= 11 is 6.00. The Hall–Kier alpha value is -2.78. The highest BCUT2D eigenvalue weighted by Gasteiger charge is 1.99. The zero-order valence-electron chi connectivity index (χ0n) is 14.6. The Morgan fingerprint density at radius 2 is 1.69 bits per heavy atom. The number of nitrogens with zero attached hydrogens (tertiary/aromatic N) is 1. The van der Waals surface area contributed by atoms with Crippen molar-refractivity contribution in [3.05, 3.63) is 88.9 Å². The van der Waals surface area contributed by atoms with Gasteiger partial charge < -0.3 is 9.47 Å². The van der Waals surface area contributed by atoms with E-state index in [9.17, 15) is 0 Å². The van der Waals surface area contributed by atoms with Gasteiger partial charge >= 0.3 is 0 Å². The second-order valence-electron chi connectivity index (χ2n) is 5.68. The van der Waals surface area contributed by atoms with Crippen LogP contribution in [0.3, 0.4) is 0 Å². The molecule has 0 heterocycles. The molecule has 0 amide bonds. The molecule has 0 atom stereocenters. The Morgan fingerprint density at radius 3 is 2.46 bits per heavy atom. The van der Waals surface area contributed by atoms with E-state index in [1.807, 2.05) is 85.9 Å². The molecule has 3 aromatic rings. The Labute approximate surface area is 158 Å². The van der Waals surface area contributed by atoms with Crippen molar-refractivity contribution in [2.45, 2.75) is 13.5 Å². The smallest absolute Gasteiger partial charge is 0.120 e. The number of hydrogen-bond acceptors (Lipinski definition) is 3. The second-order valence-corrected chi connectivity index (χ2v) is 6.11. The van der Waals surface area contributed by atoms with Crippen LogP contribution in [0.5, 0.6) is 11.5 Å². The molecule has 4 heteroatoms. The number of rotatable bonds is 7. The van der Waals surface area contributed by atoms with Gasteiger partial charge in [-0.2, -0.15) is 0 Å². The average molecular weight is 366 g/mol. The maximum Gasteiger partial charge on any atom is 0.120 e. The van der Waals surface area contributed by atoms with Gasteiger partial charge in [0.25, 0.3) is 0 Å². The van der Waals surface area contributed by atoms with Gasteiger partial charge in [-0.15, -0.1) is 0 Å². The van der Waals surface area contributed by atoms with Crippen molar-refractivity contribution in [3.63, 3.8) is 0 Å². The van der Waals surface area contributed by atoms with Gasteiger partial charge in [0.15, 0.2) is 0 Å². The summed E-state index contributed by atoms with van der Waals surface area (Å²) in [5.41, 5.74) is 2.88. The van der Waals surface area contributed by atoms with Gasteiger partial charge in [-0.25, -0.2) is 0 Å². The van der Waals surface area contributed by atoms with Crippen LogP contribution in [-0.4, -0.2) is 12.8 Å². The van der Waals surface area contributed by atoms with Gasteiger partial charge in [0.2, 0.25) is 0 Å². The molecule has 0 aliphatic heterocycles. The highest BCUT2D eigenvalue weighted by Crippen LogP contribution is 2.19. The first-order valence-electron chi connectivity index (χ1n) is 8.47. The Morgan fingerprint density at radius 1 is 0.885 bits per heavy atom. The van der Waals surface area contributed by atoms with Gasteiger partial charge in [0, 0.05) is 11.2 Å². The van der Waals surface area contributed by atoms with Crippen LogP contribution in [0.4, 0.5) is 5.69 Å². The summed E-state index contributed by atoms with van der Waals surface area (Å²) in [4.78, 5) is 4.50. The summed E-state index contributed by atoms with van der Waals surface area (Å²) in [6.07, 6.45) is 1.82. The van der Waals surface area contributed by atoms with Crippen molar-refractivity contribution in [1.29, 1.82) is 0 Å². The lowest BCUT2D eigenvalue weighted by Gasteiger charge is -2.07. The molecule has 0 bridgehead atoms. The quantitative estimate of drug-likeness (QED) is 0.476. The van der Waals surface area contributed by atoms with Gasteiger partial charge in [-0.3, -0.25) is 4.99 Å². The predicted molar refractivity (Wildman–Crippen MR) is 107 cm³/mol. The molecule has 3 rings (SSSR count). The normalized spacial score (nSPS) is 10.8. The molecular formula is C22H20ClNO2. The van der Waals surface area contributed by atoms with Crippen molar-refractivity contribution in [3.8, 4) is 11.5 Å². The summed E-state index contributed by atoms with van der Waals surface area (Å²) in [5.74, 6) is 1.64. The number of ether oxygens (including phenoxy) is 2. The largest absolute Gasteiger partial charge is 0.494 e. The van der Waals surface area contributed by atoms with E-state index in [1.165, 1.54) is 0 Å². The van der Waals surface area contributed by atoms with Crippen molar-refractivity contribution in [2.75, 3.05) is 6.61 Å². The average Bonchev–Trinajstić information content (AvgIpc) is 2.67. The first-order chi connectivity index (χ1) is 12.7. The molecule has 0 N–H and O–H groups in total. The molecule has 3 nitrogen and oxygen atoms in total. The van der Waals surface area contributed by atoms with Crippen molar-refractivity contribution < 1.29 is 9.47 Å². The number of halogens is 1. The molecule has 0 radical (unpaired) electrons. The molecule has 26 heavy (non-hydrogen) atoms. The predicted octanol–water partition coefficient (Wildman–Crippen LogP) is 6.07. The first-order valence-corrected chi connectivity index (χ1v) is 8.85. The zero-order chi connectivity index (χ0) is 18.2. The van der Waals surface area contributed by atoms with Crippen LogP contribution in [0.25, 0.3) is 0 Å². The second kappa shape index (κ2) is 9.07. The molecule has 0 aromatic heterocycles. The lowest BCUT2D eigenvalue weighted by Crippen LogP contribution is -1.95. The van der Waals surface area contributed by atoms with E-state index in [0.717, 1.165) is 28.3 Å². The third-order valence-electron chi connectivity index (χ3n) is 3.66. The molecule has 0 spiro atoms. The van der Waals surface area contributed by atoms with Crippen molar-refractivity contribution in [2.24, 2.45) is 4.99 Å². The lowest BCUT2D eigenvalue weighted by atomic mass is 10.2. The van der Waals surface area contributed by atoms with E-state index in [0.29, 0.717) is 18.2 Å². The molecule has 132 valence electrons. The van der Waals surface area contributed by atoms with Gasteiger partial charge in [0.05, 0.1) is 12.3 Å². The van der Waals surface area contributed by atoms with E-state index < -0.39 is 0 Å². The van der Waals surface area contributed by atoms with E-state index >= 15 is 0 Å². The summed E-state index contributed by atoms with van der Waals surface area (Å²) in [6.45, 7) is 3.10. The van der Waals surface area contributed by atoms with E-state index in [4.69, 9.17) is 21.1 Å². The van der Waals surface area contributed by atoms with Crippen LogP contribution in [-0.2, 0) is 6.61 Å². The van der Waals surface area contributed by atoms with Crippen LogP contribution in [0, 0.1) is 0 Å². The van der Waals surface area contributed by atoms with Crippen LogP contribution in [0.1, 0.15) is 18.1 Å². The summed E-state index contributed by atoms with van der Waals surface area (Å²) in [5, 5.41) is 0.710. The fraction of sp³-hybridized carbons (Fsp3) is 0.136. The zero-order valence-corrected chi connectivity index (χ0v) is 15.3. The standard InChI is InChI=1S/C22H20ClNO2/c1-2-25-21-11-9-20(10-12-21)24-15-17-5-4-8-22(14-17)26-16-18-6-3-7-19(23)13-18/h3-15H,2,16H2,1H3. The van der Waals surface area contributed by atoms with E-state index in [1.54, 1.807) is 0 Å². The minimum absolute atomic E-state index is 0.472. The van der Waals surface area contributed by atoms with E-state index in [2.05, 4.69) is 4.99 Å². The van der Waals surface area contributed by atoms with Crippen LogP contribution in [0.2, 0.25) is 5.02 Å². The van der Waals surface area contributed by atoms with Gasteiger partial charge in [-0.1, -0.05) is 35.9 Å². The molecule has 0 aliphatic rings. The topological polar surface area (TPSA) is 30.8 Å². The third kappa shape index (κ3) is 5.36. The molecule has 3 aromatic carbocycles.